The third kappa shape index (κ3) is 3.92. The lowest BCUT2D eigenvalue weighted by molar-refractivity contribution is 0.0948. The second-order valence-corrected chi connectivity index (χ2v) is 5.21. The van der Waals surface area contributed by atoms with Gasteiger partial charge in [0.25, 0.3) is 5.91 Å². The van der Waals surface area contributed by atoms with Gasteiger partial charge in [-0.05, 0) is 66.2 Å². The molecule has 0 aliphatic rings. The van der Waals surface area contributed by atoms with E-state index in [2.05, 4.69) is 10.5 Å². The Kier molecular flexibility index (Phi) is 4.89. The molecule has 126 valence electrons. The molecule has 2 aromatic carbocycles. The highest BCUT2D eigenvalue weighted by atomic mass is 19.1. The molecule has 0 atom stereocenters. The van der Waals surface area contributed by atoms with E-state index in [0.29, 0.717) is 11.4 Å². The van der Waals surface area contributed by atoms with Gasteiger partial charge >= 0.3 is 0 Å². The second kappa shape index (κ2) is 7.44. The van der Waals surface area contributed by atoms with E-state index in [9.17, 15) is 9.18 Å². The van der Waals surface area contributed by atoms with E-state index in [-0.39, 0.29) is 11.7 Å². The number of benzene rings is 2. The molecular weight excluding hydrogens is 321 g/mol. The zero-order valence-corrected chi connectivity index (χ0v) is 13.5. The van der Waals surface area contributed by atoms with Crippen molar-refractivity contribution in [2.24, 2.45) is 5.10 Å². The normalized spacial score (nSPS) is 10.8. The third-order valence-electron chi connectivity index (χ3n) is 3.58. The zero-order valence-electron chi connectivity index (χ0n) is 13.5. The number of carbonyl (C=O) groups is 1. The summed E-state index contributed by atoms with van der Waals surface area (Å²) in [7, 11) is 1.60. The van der Waals surface area contributed by atoms with Gasteiger partial charge in [-0.3, -0.25) is 4.79 Å². The highest BCUT2D eigenvalue weighted by Crippen LogP contribution is 2.13. The molecule has 1 N–H and O–H groups in total. The number of hydrazone groups is 1. The summed E-state index contributed by atoms with van der Waals surface area (Å²) in [4.78, 5) is 12.3. The first-order chi connectivity index (χ1) is 12.2. The van der Waals surface area contributed by atoms with E-state index in [4.69, 9.17) is 4.74 Å². The molecule has 0 fully saturated rings. The van der Waals surface area contributed by atoms with Crippen LogP contribution in [0.15, 0.2) is 72.0 Å². The second-order valence-electron chi connectivity index (χ2n) is 5.21. The first-order valence-corrected chi connectivity index (χ1v) is 7.58. The number of methoxy groups -OCH3 is 1. The number of nitrogens with zero attached hydrogens (tertiary/aromatic N) is 2. The first-order valence-electron chi connectivity index (χ1n) is 7.58. The lowest BCUT2D eigenvalue weighted by Crippen LogP contribution is -2.20. The van der Waals surface area contributed by atoms with Gasteiger partial charge in [-0.1, -0.05) is 0 Å². The number of halogens is 1. The molecule has 5 nitrogen and oxygen atoms in total. The van der Waals surface area contributed by atoms with Gasteiger partial charge in [0, 0.05) is 11.9 Å². The van der Waals surface area contributed by atoms with Crippen LogP contribution in [0.2, 0.25) is 0 Å². The van der Waals surface area contributed by atoms with Crippen molar-refractivity contribution in [1.82, 2.24) is 9.99 Å². The monoisotopic (exact) mass is 337 g/mol. The maximum Gasteiger partial charge on any atom is 0.288 e. The Balaban J connectivity index is 1.70. The standard InChI is InChI=1S/C19H16FN3O2/c1-25-17-10-4-14(5-11-17)13-21-22-19(24)18-3-2-12-23(18)16-8-6-15(20)7-9-16/h2-13H,1H3,(H,22,24). The van der Waals surface area contributed by atoms with E-state index >= 15 is 0 Å². The van der Waals surface area contributed by atoms with Crippen molar-refractivity contribution in [1.29, 1.82) is 0 Å². The van der Waals surface area contributed by atoms with Crippen molar-refractivity contribution in [3.05, 3.63) is 83.9 Å². The number of hydrogen-bond acceptors (Lipinski definition) is 3. The number of rotatable bonds is 5. The van der Waals surface area contributed by atoms with Crippen LogP contribution in [0.4, 0.5) is 4.39 Å². The summed E-state index contributed by atoms with van der Waals surface area (Å²) >= 11 is 0. The molecular formula is C19H16FN3O2. The summed E-state index contributed by atoms with van der Waals surface area (Å²) in [5.74, 6) is 0.0587. The van der Waals surface area contributed by atoms with Crippen molar-refractivity contribution in [2.75, 3.05) is 7.11 Å². The molecule has 1 heterocycles. The minimum atomic E-state index is -0.362. The van der Waals surface area contributed by atoms with Gasteiger partial charge in [0.05, 0.1) is 13.3 Å². The maximum atomic E-state index is 13.0. The van der Waals surface area contributed by atoms with Crippen LogP contribution in [0.25, 0.3) is 5.69 Å². The maximum absolute atomic E-state index is 13.0. The van der Waals surface area contributed by atoms with Crippen molar-refractivity contribution in [3.63, 3.8) is 0 Å². The summed E-state index contributed by atoms with van der Waals surface area (Å²) in [6, 6.07) is 16.6. The minimum absolute atomic E-state index is 0.328. The van der Waals surface area contributed by atoms with E-state index in [1.165, 1.54) is 12.1 Å². The SMILES string of the molecule is COc1ccc(C=NNC(=O)c2cccn2-c2ccc(F)cc2)cc1. The van der Waals surface area contributed by atoms with Crippen LogP contribution in [0.1, 0.15) is 16.1 Å². The summed E-state index contributed by atoms with van der Waals surface area (Å²) in [5.41, 5.74) is 4.41. The number of carbonyl (C=O) groups excluding carboxylic acids is 1. The molecule has 0 spiro atoms. The molecule has 6 heteroatoms. The molecule has 0 saturated carbocycles. The molecule has 0 unspecified atom stereocenters. The van der Waals surface area contributed by atoms with E-state index < -0.39 is 0 Å². The van der Waals surface area contributed by atoms with E-state index in [1.807, 2.05) is 24.3 Å². The molecule has 3 aromatic rings. The van der Waals surface area contributed by atoms with Gasteiger partial charge in [0.2, 0.25) is 0 Å². The smallest absolute Gasteiger partial charge is 0.288 e. The number of aromatic nitrogens is 1. The Morgan fingerprint density at radius 2 is 1.84 bits per heavy atom. The lowest BCUT2D eigenvalue weighted by Gasteiger charge is -2.08. The topological polar surface area (TPSA) is 55.6 Å². The Morgan fingerprint density at radius 1 is 1.12 bits per heavy atom. The molecule has 0 bridgehead atoms. The fraction of sp³-hybridized carbons (Fsp3) is 0.0526. The van der Waals surface area contributed by atoms with Gasteiger partial charge in [-0.2, -0.15) is 5.10 Å². The number of amides is 1. The first kappa shape index (κ1) is 16.4. The predicted molar refractivity (Wildman–Crippen MR) is 93.8 cm³/mol. The third-order valence-corrected chi connectivity index (χ3v) is 3.58. The summed E-state index contributed by atoms with van der Waals surface area (Å²) in [6.07, 6.45) is 3.28. The van der Waals surface area contributed by atoms with Crippen molar-refractivity contribution in [2.45, 2.75) is 0 Å². The van der Waals surface area contributed by atoms with Crippen LogP contribution in [-0.4, -0.2) is 23.8 Å². The molecule has 0 aliphatic heterocycles. The molecule has 1 amide bonds. The van der Waals surface area contributed by atoms with Crippen LogP contribution in [0.5, 0.6) is 5.75 Å². The molecule has 25 heavy (non-hydrogen) atoms. The van der Waals surface area contributed by atoms with Gasteiger partial charge in [0.1, 0.15) is 17.3 Å². The minimum Gasteiger partial charge on any atom is -0.497 e. The average Bonchev–Trinajstić information content (AvgIpc) is 3.13. The van der Waals surface area contributed by atoms with Gasteiger partial charge in [-0.25, -0.2) is 9.82 Å². The summed E-state index contributed by atoms with van der Waals surface area (Å²) < 4.78 is 19.8. The van der Waals surface area contributed by atoms with Crippen LogP contribution >= 0.6 is 0 Å². The van der Waals surface area contributed by atoms with Crippen molar-refractivity contribution < 1.29 is 13.9 Å². The van der Waals surface area contributed by atoms with E-state index in [0.717, 1.165) is 11.3 Å². The van der Waals surface area contributed by atoms with Crippen LogP contribution < -0.4 is 10.2 Å². The fourth-order valence-corrected chi connectivity index (χ4v) is 2.31. The van der Waals surface area contributed by atoms with Crippen molar-refractivity contribution >= 4 is 12.1 Å². The molecule has 0 radical (unpaired) electrons. The van der Waals surface area contributed by atoms with Gasteiger partial charge < -0.3 is 9.30 Å². The summed E-state index contributed by atoms with van der Waals surface area (Å²) in [5, 5.41) is 3.96. The largest absolute Gasteiger partial charge is 0.497 e. The Morgan fingerprint density at radius 3 is 2.52 bits per heavy atom. The fourth-order valence-electron chi connectivity index (χ4n) is 2.31. The number of nitrogens with one attached hydrogen (secondary N) is 1. The Bertz CT molecular complexity index is 884. The van der Waals surface area contributed by atoms with Crippen LogP contribution in [0, 0.1) is 5.82 Å². The van der Waals surface area contributed by atoms with E-state index in [1.54, 1.807) is 48.4 Å². The zero-order chi connectivity index (χ0) is 17.6. The Labute approximate surface area is 144 Å². The molecule has 0 saturated heterocycles. The predicted octanol–water partition coefficient (Wildman–Crippen LogP) is 3.39. The Hall–Kier alpha value is -3.41. The average molecular weight is 337 g/mol. The quantitative estimate of drug-likeness (QED) is 0.573. The highest BCUT2D eigenvalue weighted by molar-refractivity contribution is 5.94. The number of hydrogen-bond donors (Lipinski definition) is 1. The molecule has 3 rings (SSSR count). The molecule has 1 aromatic heterocycles. The highest BCUT2D eigenvalue weighted by Gasteiger charge is 2.11. The van der Waals surface area contributed by atoms with Gasteiger partial charge in [-0.15, -0.1) is 0 Å². The number of ether oxygens (including phenoxy) is 1. The molecule has 0 aliphatic carbocycles. The van der Waals surface area contributed by atoms with Crippen molar-refractivity contribution in [3.8, 4) is 11.4 Å². The van der Waals surface area contributed by atoms with Gasteiger partial charge in [0.15, 0.2) is 0 Å². The lowest BCUT2D eigenvalue weighted by atomic mass is 10.2. The summed E-state index contributed by atoms with van der Waals surface area (Å²) in [6.45, 7) is 0. The van der Waals surface area contributed by atoms with Crippen LogP contribution in [-0.2, 0) is 0 Å². The van der Waals surface area contributed by atoms with Crippen LogP contribution in [0.3, 0.4) is 0 Å².